The Bertz CT molecular complexity index is 398. The summed E-state index contributed by atoms with van der Waals surface area (Å²) in [5, 5.41) is 13.3. The van der Waals surface area contributed by atoms with Crippen LogP contribution in [0.4, 0.5) is 0 Å². The summed E-state index contributed by atoms with van der Waals surface area (Å²) in [5.74, 6) is 0. The molecule has 0 radical (unpaired) electrons. The van der Waals surface area contributed by atoms with Crippen molar-refractivity contribution < 1.29 is 9.84 Å². The number of likely N-dealkylation sites (N-methyl/N-ethyl adjacent to an activating group) is 1. The third-order valence-electron chi connectivity index (χ3n) is 3.70. The number of benzene rings is 1. The molecule has 0 saturated heterocycles. The predicted molar refractivity (Wildman–Crippen MR) is 87.6 cm³/mol. The van der Waals surface area contributed by atoms with Gasteiger partial charge in [-0.2, -0.15) is 0 Å². The van der Waals surface area contributed by atoms with Crippen LogP contribution in [0.25, 0.3) is 0 Å². The highest BCUT2D eigenvalue weighted by atomic mass is 16.5. The molecule has 2 unspecified atom stereocenters. The first-order valence-electron chi connectivity index (χ1n) is 7.72. The molecule has 0 amide bonds. The lowest BCUT2D eigenvalue weighted by atomic mass is 9.98. The van der Waals surface area contributed by atoms with Crippen molar-refractivity contribution in [3.63, 3.8) is 0 Å². The van der Waals surface area contributed by atoms with Crippen LogP contribution in [0, 0.1) is 6.92 Å². The molecule has 0 aromatic heterocycles. The third kappa shape index (κ3) is 6.57. The van der Waals surface area contributed by atoms with Crippen molar-refractivity contribution in [1.29, 1.82) is 0 Å². The Morgan fingerprint density at radius 2 is 2.05 bits per heavy atom. The van der Waals surface area contributed by atoms with Crippen LogP contribution in [0.1, 0.15) is 30.5 Å². The smallest absolute Gasteiger partial charge is 0.0899 e. The molecule has 1 aromatic carbocycles. The van der Waals surface area contributed by atoms with E-state index in [0.29, 0.717) is 19.2 Å². The molecular weight excluding hydrogens is 264 g/mol. The van der Waals surface area contributed by atoms with Crippen molar-refractivity contribution in [2.45, 2.75) is 32.4 Å². The van der Waals surface area contributed by atoms with Gasteiger partial charge in [-0.1, -0.05) is 31.2 Å². The van der Waals surface area contributed by atoms with Crippen LogP contribution in [0.2, 0.25) is 0 Å². The van der Waals surface area contributed by atoms with Gasteiger partial charge in [-0.25, -0.2) is 0 Å². The molecule has 2 N–H and O–H groups in total. The molecule has 2 atom stereocenters. The summed E-state index contributed by atoms with van der Waals surface area (Å²) >= 11 is 0. The Kier molecular flexibility index (Phi) is 8.54. The number of methoxy groups -OCH3 is 1. The number of hydrogen-bond donors (Lipinski definition) is 2. The van der Waals surface area contributed by atoms with Gasteiger partial charge in [0.05, 0.1) is 12.7 Å². The van der Waals surface area contributed by atoms with Gasteiger partial charge in [0.15, 0.2) is 0 Å². The standard InChI is InChI=1S/C17H30N2O2/c1-5-18-17(16-9-7-6-8-14(16)2)10-11-19(3)12-15(20)13-21-4/h6-9,15,17-18,20H,5,10-13H2,1-4H3. The van der Waals surface area contributed by atoms with E-state index in [-0.39, 0.29) is 0 Å². The van der Waals surface area contributed by atoms with Crippen molar-refractivity contribution in [3.8, 4) is 0 Å². The fourth-order valence-corrected chi connectivity index (χ4v) is 2.64. The molecule has 21 heavy (non-hydrogen) atoms. The number of nitrogens with one attached hydrogen (secondary N) is 1. The van der Waals surface area contributed by atoms with Gasteiger partial charge in [-0.3, -0.25) is 0 Å². The van der Waals surface area contributed by atoms with Gasteiger partial charge in [-0.15, -0.1) is 0 Å². The Hall–Kier alpha value is -0.940. The first kappa shape index (κ1) is 18.1. The summed E-state index contributed by atoms with van der Waals surface area (Å²) in [5.41, 5.74) is 2.69. The minimum absolute atomic E-state index is 0.359. The summed E-state index contributed by atoms with van der Waals surface area (Å²) in [6, 6.07) is 8.89. The Morgan fingerprint density at radius 1 is 1.33 bits per heavy atom. The molecule has 0 spiro atoms. The molecule has 120 valence electrons. The molecule has 1 aromatic rings. The lowest BCUT2D eigenvalue weighted by molar-refractivity contribution is 0.0426. The van der Waals surface area contributed by atoms with Crippen molar-refractivity contribution >= 4 is 0 Å². The van der Waals surface area contributed by atoms with Crippen molar-refractivity contribution in [2.24, 2.45) is 0 Å². The number of hydrogen-bond acceptors (Lipinski definition) is 4. The van der Waals surface area contributed by atoms with Crippen LogP contribution in [0.5, 0.6) is 0 Å². The minimum atomic E-state index is -0.420. The topological polar surface area (TPSA) is 44.7 Å². The second-order valence-electron chi connectivity index (χ2n) is 5.63. The molecule has 0 saturated carbocycles. The zero-order chi connectivity index (χ0) is 15.7. The number of aliphatic hydroxyl groups excluding tert-OH is 1. The summed E-state index contributed by atoms with van der Waals surface area (Å²) < 4.78 is 4.96. The number of aliphatic hydroxyl groups is 1. The van der Waals surface area contributed by atoms with E-state index < -0.39 is 6.10 Å². The van der Waals surface area contributed by atoms with Gasteiger partial charge in [0.25, 0.3) is 0 Å². The zero-order valence-electron chi connectivity index (χ0n) is 13.8. The normalized spacial score (nSPS) is 14.4. The molecule has 1 rings (SSSR count). The fourth-order valence-electron chi connectivity index (χ4n) is 2.64. The van der Waals surface area contributed by atoms with Gasteiger partial charge >= 0.3 is 0 Å². The fraction of sp³-hybridized carbons (Fsp3) is 0.647. The van der Waals surface area contributed by atoms with Crippen LogP contribution in [0.3, 0.4) is 0 Å². The van der Waals surface area contributed by atoms with Gasteiger partial charge in [0.1, 0.15) is 0 Å². The molecule has 0 aliphatic carbocycles. The quantitative estimate of drug-likeness (QED) is 0.692. The van der Waals surface area contributed by atoms with Gasteiger partial charge < -0.3 is 20.1 Å². The average Bonchev–Trinajstić information content (AvgIpc) is 2.44. The third-order valence-corrected chi connectivity index (χ3v) is 3.70. The summed E-state index contributed by atoms with van der Waals surface area (Å²) in [6.45, 7) is 7.21. The van der Waals surface area contributed by atoms with Crippen LogP contribution in [-0.2, 0) is 4.74 Å². The van der Waals surface area contributed by atoms with Gasteiger partial charge in [-0.05, 0) is 44.6 Å². The molecular formula is C17H30N2O2. The van der Waals surface area contributed by atoms with E-state index in [1.807, 2.05) is 7.05 Å². The molecule has 4 nitrogen and oxygen atoms in total. The first-order chi connectivity index (χ1) is 10.1. The lowest BCUT2D eigenvalue weighted by Gasteiger charge is -2.25. The predicted octanol–water partition coefficient (Wildman–Crippen LogP) is 1.97. The zero-order valence-corrected chi connectivity index (χ0v) is 13.8. The van der Waals surface area contributed by atoms with Crippen LogP contribution in [-0.4, -0.2) is 56.5 Å². The molecule has 4 heteroatoms. The van der Waals surface area contributed by atoms with E-state index in [1.165, 1.54) is 11.1 Å². The van der Waals surface area contributed by atoms with Crippen molar-refractivity contribution in [2.75, 3.05) is 40.4 Å². The van der Waals surface area contributed by atoms with Crippen LogP contribution in [0.15, 0.2) is 24.3 Å². The van der Waals surface area contributed by atoms with Crippen LogP contribution >= 0.6 is 0 Å². The number of rotatable bonds is 10. The maximum atomic E-state index is 9.77. The van der Waals surface area contributed by atoms with E-state index in [2.05, 4.69) is 48.3 Å². The average molecular weight is 294 g/mol. The first-order valence-corrected chi connectivity index (χ1v) is 7.72. The highest BCUT2D eigenvalue weighted by Crippen LogP contribution is 2.20. The maximum Gasteiger partial charge on any atom is 0.0899 e. The SMILES string of the molecule is CCNC(CCN(C)CC(O)COC)c1ccccc1C. The van der Waals surface area contributed by atoms with E-state index in [9.17, 15) is 5.11 Å². The highest BCUT2D eigenvalue weighted by Gasteiger charge is 2.14. The van der Waals surface area contributed by atoms with E-state index in [1.54, 1.807) is 7.11 Å². The molecule has 0 heterocycles. The van der Waals surface area contributed by atoms with E-state index in [4.69, 9.17) is 4.74 Å². The van der Waals surface area contributed by atoms with Crippen molar-refractivity contribution in [1.82, 2.24) is 10.2 Å². The summed E-state index contributed by atoms with van der Waals surface area (Å²) in [4.78, 5) is 2.16. The Labute approximate surface area is 129 Å². The summed E-state index contributed by atoms with van der Waals surface area (Å²) in [7, 11) is 3.66. The van der Waals surface area contributed by atoms with Crippen LogP contribution < -0.4 is 5.32 Å². The Morgan fingerprint density at radius 3 is 2.67 bits per heavy atom. The largest absolute Gasteiger partial charge is 0.389 e. The molecule has 0 aliphatic heterocycles. The van der Waals surface area contributed by atoms with Gasteiger partial charge in [0, 0.05) is 19.7 Å². The second-order valence-corrected chi connectivity index (χ2v) is 5.63. The van der Waals surface area contributed by atoms with E-state index >= 15 is 0 Å². The second kappa shape index (κ2) is 9.90. The van der Waals surface area contributed by atoms with Crippen molar-refractivity contribution in [3.05, 3.63) is 35.4 Å². The maximum absolute atomic E-state index is 9.77. The summed E-state index contributed by atoms with van der Waals surface area (Å²) in [6.07, 6.45) is 0.602. The highest BCUT2D eigenvalue weighted by molar-refractivity contribution is 5.28. The molecule has 0 bridgehead atoms. The molecule has 0 fully saturated rings. The minimum Gasteiger partial charge on any atom is -0.389 e. The number of ether oxygens (including phenoxy) is 1. The van der Waals surface area contributed by atoms with E-state index in [0.717, 1.165) is 19.5 Å². The molecule has 0 aliphatic rings. The number of aryl methyl sites for hydroxylation is 1. The number of nitrogens with zero attached hydrogens (tertiary/aromatic N) is 1. The van der Waals surface area contributed by atoms with Gasteiger partial charge in [0.2, 0.25) is 0 Å². The lowest BCUT2D eigenvalue weighted by Crippen LogP contribution is -2.34. The Balaban J connectivity index is 2.54. The monoisotopic (exact) mass is 294 g/mol.